The average molecular weight is 589 g/mol. The number of anilines is 2. The molecule has 3 heterocycles. The van der Waals surface area contributed by atoms with Gasteiger partial charge in [0.15, 0.2) is 5.65 Å². The Kier molecular flexibility index (Phi) is 8.30. The first-order chi connectivity index (χ1) is 20.0. The van der Waals surface area contributed by atoms with E-state index >= 15 is 0 Å². The Labute approximate surface area is 238 Å². The molecule has 5 rings (SSSR count). The van der Waals surface area contributed by atoms with Gasteiger partial charge in [0.05, 0.1) is 12.1 Å². The van der Waals surface area contributed by atoms with E-state index in [1.54, 1.807) is 31.3 Å². The molecular weight excluding hydrogens is 559 g/mol. The second-order valence-electron chi connectivity index (χ2n) is 10.2. The number of carbonyl (C=O) groups excluding carboxylic acids is 1. The van der Waals surface area contributed by atoms with E-state index in [1.807, 2.05) is 18.2 Å². The second kappa shape index (κ2) is 11.9. The summed E-state index contributed by atoms with van der Waals surface area (Å²) in [6, 6.07) is 11.7. The summed E-state index contributed by atoms with van der Waals surface area (Å²) in [4.78, 5) is 20.4. The van der Waals surface area contributed by atoms with Crippen molar-refractivity contribution < 1.29 is 31.5 Å². The van der Waals surface area contributed by atoms with Crippen LogP contribution in [0.1, 0.15) is 16.7 Å². The Bertz CT molecular complexity index is 1590. The van der Waals surface area contributed by atoms with E-state index in [0.29, 0.717) is 6.54 Å². The van der Waals surface area contributed by atoms with Gasteiger partial charge in [-0.25, -0.2) is 13.3 Å². The van der Waals surface area contributed by atoms with Gasteiger partial charge in [-0.1, -0.05) is 6.07 Å². The van der Waals surface area contributed by atoms with Gasteiger partial charge < -0.3 is 15.0 Å². The van der Waals surface area contributed by atoms with E-state index in [1.165, 1.54) is 16.1 Å². The van der Waals surface area contributed by atoms with Crippen LogP contribution in [0, 0.1) is 0 Å². The number of amides is 1. The number of alkyl halides is 5. The van der Waals surface area contributed by atoms with Crippen LogP contribution < -0.4 is 10.1 Å². The predicted molar refractivity (Wildman–Crippen MR) is 147 cm³/mol. The topological polar surface area (TPSA) is 75.0 Å². The van der Waals surface area contributed by atoms with Crippen LogP contribution in [0.15, 0.2) is 54.7 Å². The number of halogens is 5. The summed E-state index contributed by atoms with van der Waals surface area (Å²) in [5, 5.41) is 7.59. The van der Waals surface area contributed by atoms with Gasteiger partial charge in [0, 0.05) is 50.2 Å². The van der Waals surface area contributed by atoms with E-state index < -0.39 is 24.8 Å². The molecule has 1 amide bonds. The SMILES string of the molecule is CN(C)C(=O)CN1CCc2ccc(Nc3nc4c(-c5cc(C(F)(F)F)ccc5OCC(F)F)cccn4n3)cc2CC1. The molecular formula is C29H29F5N6O2. The molecule has 4 aromatic rings. The van der Waals surface area contributed by atoms with Crippen LogP contribution in [-0.2, 0) is 23.8 Å². The summed E-state index contributed by atoms with van der Waals surface area (Å²) in [7, 11) is 3.48. The van der Waals surface area contributed by atoms with Crippen LogP contribution in [0.3, 0.4) is 0 Å². The number of rotatable bonds is 8. The summed E-state index contributed by atoms with van der Waals surface area (Å²) in [6.07, 6.45) is -4.30. The number of carbonyl (C=O) groups is 1. The molecule has 0 spiro atoms. The number of nitrogens with one attached hydrogen (secondary N) is 1. The van der Waals surface area contributed by atoms with Crippen molar-refractivity contribution in [2.24, 2.45) is 0 Å². The van der Waals surface area contributed by atoms with Gasteiger partial charge in [-0.2, -0.15) is 18.2 Å². The maximum Gasteiger partial charge on any atom is 0.416 e. The van der Waals surface area contributed by atoms with Gasteiger partial charge in [-0.15, -0.1) is 5.10 Å². The van der Waals surface area contributed by atoms with Gasteiger partial charge in [0.2, 0.25) is 11.9 Å². The molecule has 2 aromatic heterocycles. The fraction of sp³-hybridized carbons (Fsp3) is 0.345. The molecule has 0 bridgehead atoms. The first kappa shape index (κ1) is 29.2. The van der Waals surface area contributed by atoms with Crippen LogP contribution in [0.2, 0.25) is 0 Å². The van der Waals surface area contributed by atoms with Gasteiger partial charge in [-0.3, -0.25) is 9.69 Å². The number of hydrogen-bond donors (Lipinski definition) is 1. The molecule has 0 atom stereocenters. The average Bonchev–Trinajstić information content (AvgIpc) is 3.25. The molecule has 2 aromatic carbocycles. The maximum absolute atomic E-state index is 13.5. The van der Waals surface area contributed by atoms with Crippen molar-refractivity contribution in [1.82, 2.24) is 24.4 Å². The fourth-order valence-electron chi connectivity index (χ4n) is 4.83. The van der Waals surface area contributed by atoms with E-state index in [-0.39, 0.29) is 34.4 Å². The van der Waals surface area contributed by atoms with Crippen molar-refractivity contribution >= 4 is 23.2 Å². The number of nitrogens with zero attached hydrogens (tertiary/aromatic N) is 5. The monoisotopic (exact) mass is 588 g/mol. The molecule has 222 valence electrons. The van der Waals surface area contributed by atoms with E-state index in [0.717, 1.165) is 55.4 Å². The molecule has 0 saturated carbocycles. The van der Waals surface area contributed by atoms with E-state index in [4.69, 9.17) is 4.74 Å². The highest BCUT2D eigenvalue weighted by Gasteiger charge is 2.32. The smallest absolute Gasteiger partial charge is 0.416 e. The largest absolute Gasteiger partial charge is 0.487 e. The molecule has 42 heavy (non-hydrogen) atoms. The Hall–Kier alpha value is -4.26. The minimum absolute atomic E-state index is 0.0302. The maximum atomic E-state index is 13.5. The third-order valence-corrected chi connectivity index (χ3v) is 7.04. The molecule has 1 aliphatic rings. The number of hydrogen-bond acceptors (Lipinski definition) is 6. The lowest BCUT2D eigenvalue weighted by Gasteiger charge is -2.21. The van der Waals surface area contributed by atoms with E-state index in [9.17, 15) is 26.7 Å². The number of aromatic nitrogens is 3. The van der Waals surface area contributed by atoms with Gasteiger partial charge in [0.1, 0.15) is 12.4 Å². The number of pyridine rings is 1. The summed E-state index contributed by atoms with van der Waals surface area (Å²) < 4.78 is 72.8. The molecule has 8 nitrogen and oxygen atoms in total. The van der Waals surface area contributed by atoms with Crippen LogP contribution in [0.4, 0.5) is 33.6 Å². The van der Waals surface area contributed by atoms with E-state index in [2.05, 4.69) is 20.3 Å². The zero-order valence-corrected chi connectivity index (χ0v) is 23.0. The van der Waals surface area contributed by atoms with Crippen molar-refractivity contribution in [2.75, 3.05) is 45.7 Å². The van der Waals surface area contributed by atoms with Crippen LogP contribution in [-0.4, -0.2) is 77.1 Å². The van der Waals surface area contributed by atoms with Crippen LogP contribution >= 0.6 is 0 Å². The Morgan fingerprint density at radius 3 is 2.52 bits per heavy atom. The number of fused-ring (bicyclic) bond motifs is 2. The van der Waals surface area contributed by atoms with Crippen LogP contribution in [0.25, 0.3) is 16.8 Å². The molecule has 0 saturated heterocycles. The summed E-state index contributed by atoms with van der Waals surface area (Å²) in [5.74, 6) is 0.135. The summed E-state index contributed by atoms with van der Waals surface area (Å²) in [5.41, 5.74) is 2.53. The van der Waals surface area contributed by atoms with Crippen molar-refractivity contribution in [3.63, 3.8) is 0 Å². The Balaban J connectivity index is 1.41. The lowest BCUT2D eigenvalue weighted by Crippen LogP contribution is -2.37. The molecule has 13 heteroatoms. The highest BCUT2D eigenvalue weighted by atomic mass is 19.4. The first-order valence-corrected chi connectivity index (χ1v) is 13.3. The minimum atomic E-state index is -4.65. The normalized spacial score (nSPS) is 14.1. The zero-order chi connectivity index (χ0) is 30.0. The molecule has 0 unspecified atom stereocenters. The highest BCUT2D eigenvalue weighted by Crippen LogP contribution is 2.39. The molecule has 1 aliphatic heterocycles. The molecule has 0 aliphatic carbocycles. The number of ether oxygens (including phenoxy) is 1. The fourth-order valence-corrected chi connectivity index (χ4v) is 4.83. The Morgan fingerprint density at radius 2 is 1.81 bits per heavy atom. The van der Waals surface area contributed by atoms with Crippen molar-refractivity contribution in [3.8, 4) is 16.9 Å². The lowest BCUT2D eigenvalue weighted by molar-refractivity contribution is -0.137. The zero-order valence-electron chi connectivity index (χ0n) is 23.0. The van der Waals surface area contributed by atoms with Gasteiger partial charge >= 0.3 is 6.18 Å². The van der Waals surface area contributed by atoms with Gasteiger partial charge in [0.25, 0.3) is 6.43 Å². The summed E-state index contributed by atoms with van der Waals surface area (Å²) in [6.45, 7) is 0.900. The Morgan fingerprint density at radius 1 is 1.05 bits per heavy atom. The van der Waals surface area contributed by atoms with Crippen molar-refractivity contribution in [3.05, 3.63) is 71.4 Å². The van der Waals surface area contributed by atoms with Crippen molar-refractivity contribution in [1.29, 1.82) is 0 Å². The van der Waals surface area contributed by atoms with Crippen LogP contribution in [0.5, 0.6) is 5.75 Å². The number of benzene rings is 2. The highest BCUT2D eigenvalue weighted by molar-refractivity contribution is 5.82. The quantitative estimate of drug-likeness (QED) is 0.282. The number of likely N-dealkylation sites (N-methyl/N-ethyl adjacent to an activating group) is 1. The molecule has 0 fully saturated rings. The molecule has 1 N–H and O–H groups in total. The second-order valence-corrected chi connectivity index (χ2v) is 10.2. The predicted octanol–water partition coefficient (Wildman–Crippen LogP) is 5.29. The minimum Gasteiger partial charge on any atom is -0.487 e. The standard InChI is InChI=1S/C29H29F5N6O2/c1-38(2)26(41)16-39-12-9-18-5-7-21(14-19(18)10-13-39)35-28-36-27-22(4-3-11-40(27)37-28)23-15-20(29(32,33)34)6-8-24(23)42-17-25(30)31/h3-8,11,14-15,25H,9-10,12-13,16-17H2,1-2H3,(H,35,37). The van der Waals surface area contributed by atoms with Gasteiger partial charge in [-0.05, 0) is 66.4 Å². The lowest BCUT2D eigenvalue weighted by atomic mass is 10.0. The summed E-state index contributed by atoms with van der Waals surface area (Å²) >= 11 is 0. The van der Waals surface area contributed by atoms with Crippen molar-refractivity contribution in [2.45, 2.75) is 25.4 Å². The third kappa shape index (κ3) is 6.62. The molecule has 0 radical (unpaired) electrons. The first-order valence-electron chi connectivity index (χ1n) is 13.3. The third-order valence-electron chi connectivity index (χ3n) is 7.04.